The van der Waals surface area contributed by atoms with Gasteiger partial charge in [0, 0.05) is 5.69 Å². The monoisotopic (exact) mass is 401 g/mol. The molecule has 4 heteroatoms. The van der Waals surface area contributed by atoms with E-state index in [9.17, 15) is 4.79 Å². The second-order valence-electron chi connectivity index (χ2n) is 7.45. The summed E-state index contributed by atoms with van der Waals surface area (Å²) in [6, 6.07) is 22.1. The van der Waals surface area contributed by atoms with Gasteiger partial charge in [0.05, 0.1) is 25.7 Å². The number of aryl methyl sites for hydroxylation is 1. The Morgan fingerprint density at radius 2 is 1.53 bits per heavy atom. The van der Waals surface area contributed by atoms with Crippen LogP contribution in [0.1, 0.15) is 42.1 Å². The summed E-state index contributed by atoms with van der Waals surface area (Å²) >= 11 is 0. The topological polar surface area (TPSA) is 38.8 Å². The molecular formula is C26H27NO3. The molecule has 4 rings (SSSR count). The van der Waals surface area contributed by atoms with Gasteiger partial charge in [0.2, 0.25) is 5.91 Å². The van der Waals surface area contributed by atoms with Crippen LogP contribution in [-0.4, -0.2) is 19.1 Å². The molecule has 0 radical (unpaired) electrons. The lowest BCUT2D eigenvalue weighted by Crippen LogP contribution is -2.41. The van der Waals surface area contributed by atoms with Gasteiger partial charge in [-0.15, -0.1) is 0 Å². The second-order valence-corrected chi connectivity index (χ2v) is 7.45. The van der Waals surface area contributed by atoms with Gasteiger partial charge in [0.1, 0.15) is 0 Å². The van der Waals surface area contributed by atoms with Crippen molar-refractivity contribution in [2.75, 3.05) is 18.1 Å². The van der Waals surface area contributed by atoms with E-state index in [2.05, 4.69) is 25.1 Å². The summed E-state index contributed by atoms with van der Waals surface area (Å²) in [7, 11) is 0. The van der Waals surface area contributed by atoms with Crippen LogP contribution in [0.25, 0.3) is 0 Å². The van der Waals surface area contributed by atoms with E-state index in [0.29, 0.717) is 25.4 Å². The van der Waals surface area contributed by atoms with Crippen LogP contribution in [0.3, 0.4) is 0 Å². The molecule has 1 heterocycles. The summed E-state index contributed by atoms with van der Waals surface area (Å²) < 4.78 is 11.7. The highest BCUT2D eigenvalue weighted by molar-refractivity contribution is 5.98. The molecular weight excluding hydrogens is 374 g/mol. The van der Waals surface area contributed by atoms with E-state index in [1.165, 1.54) is 5.56 Å². The van der Waals surface area contributed by atoms with E-state index in [1.54, 1.807) is 0 Å². The molecule has 0 fully saturated rings. The average molecular weight is 402 g/mol. The lowest BCUT2D eigenvalue weighted by molar-refractivity contribution is -0.118. The average Bonchev–Trinajstić information content (AvgIpc) is 2.75. The fourth-order valence-electron chi connectivity index (χ4n) is 4.06. The Morgan fingerprint density at radius 3 is 2.17 bits per heavy atom. The Balaban J connectivity index is 1.91. The number of rotatable bonds is 6. The maximum absolute atomic E-state index is 13.4. The number of carbonyl (C=O) groups excluding carboxylic acids is 1. The standard InChI is InChI=1S/C26H27NO3/c1-4-29-23-15-20-16-25(28)27(21-13-11-18(3)12-14-21)26(19-9-7-6-8-10-19)22(20)17-24(23)30-5-2/h6-15,17,26H,4-5,16H2,1-3H3/t26-/m0/s1. The van der Waals surface area contributed by atoms with Gasteiger partial charge >= 0.3 is 0 Å². The van der Waals surface area contributed by atoms with Crippen molar-refractivity contribution in [1.29, 1.82) is 0 Å². The summed E-state index contributed by atoms with van der Waals surface area (Å²) in [6.45, 7) is 7.06. The largest absolute Gasteiger partial charge is 0.490 e. The van der Waals surface area contributed by atoms with Crippen LogP contribution in [0.4, 0.5) is 5.69 Å². The summed E-state index contributed by atoms with van der Waals surface area (Å²) in [5, 5.41) is 0. The molecule has 1 atom stereocenters. The first-order valence-corrected chi connectivity index (χ1v) is 10.5. The van der Waals surface area contributed by atoms with Gasteiger partial charge in [-0.3, -0.25) is 4.79 Å². The summed E-state index contributed by atoms with van der Waals surface area (Å²) in [5.41, 5.74) is 5.20. The quantitative estimate of drug-likeness (QED) is 0.550. The molecule has 1 aliphatic rings. The Labute approximate surface area is 178 Å². The van der Waals surface area contributed by atoms with Crippen LogP contribution in [0.5, 0.6) is 11.5 Å². The minimum atomic E-state index is -0.222. The van der Waals surface area contributed by atoms with Crippen molar-refractivity contribution in [3.8, 4) is 11.5 Å². The molecule has 4 nitrogen and oxygen atoms in total. The number of benzene rings is 3. The first kappa shape index (κ1) is 20.0. The molecule has 1 aliphatic heterocycles. The molecule has 0 spiro atoms. The normalized spacial score (nSPS) is 15.6. The Kier molecular flexibility index (Phi) is 5.75. The van der Waals surface area contributed by atoms with E-state index >= 15 is 0 Å². The zero-order chi connectivity index (χ0) is 21.1. The van der Waals surface area contributed by atoms with E-state index in [0.717, 1.165) is 28.1 Å². The summed E-state index contributed by atoms with van der Waals surface area (Å²) in [4.78, 5) is 15.3. The van der Waals surface area contributed by atoms with Gasteiger partial charge in [-0.1, -0.05) is 48.0 Å². The summed E-state index contributed by atoms with van der Waals surface area (Å²) in [6.07, 6.45) is 0.332. The van der Waals surface area contributed by atoms with Gasteiger partial charge in [0.15, 0.2) is 11.5 Å². The van der Waals surface area contributed by atoms with Crippen molar-refractivity contribution in [3.05, 3.63) is 89.0 Å². The lowest BCUT2D eigenvalue weighted by Gasteiger charge is -2.38. The molecule has 1 amide bonds. The van der Waals surface area contributed by atoms with Crippen molar-refractivity contribution in [3.63, 3.8) is 0 Å². The third-order valence-electron chi connectivity index (χ3n) is 5.40. The predicted octanol–water partition coefficient (Wildman–Crippen LogP) is 5.47. The molecule has 0 bridgehead atoms. The molecule has 0 N–H and O–H groups in total. The van der Waals surface area contributed by atoms with Gasteiger partial charge < -0.3 is 14.4 Å². The Morgan fingerprint density at radius 1 is 0.900 bits per heavy atom. The summed E-state index contributed by atoms with van der Waals surface area (Å²) in [5.74, 6) is 1.49. The number of carbonyl (C=O) groups is 1. The molecule has 0 saturated carbocycles. The van der Waals surface area contributed by atoms with Crippen LogP contribution in [0.15, 0.2) is 66.7 Å². The van der Waals surface area contributed by atoms with Gasteiger partial charge in [-0.25, -0.2) is 0 Å². The highest BCUT2D eigenvalue weighted by atomic mass is 16.5. The Bertz CT molecular complexity index is 1030. The first-order valence-electron chi connectivity index (χ1n) is 10.5. The van der Waals surface area contributed by atoms with Crippen molar-refractivity contribution < 1.29 is 14.3 Å². The lowest BCUT2D eigenvalue weighted by atomic mass is 9.86. The van der Waals surface area contributed by atoms with E-state index in [-0.39, 0.29) is 11.9 Å². The number of hydrogen-bond donors (Lipinski definition) is 0. The van der Waals surface area contributed by atoms with E-state index in [1.807, 2.05) is 67.3 Å². The van der Waals surface area contributed by atoms with Crippen molar-refractivity contribution >= 4 is 11.6 Å². The zero-order valence-electron chi connectivity index (χ0n) is 17.7. The maximum atomic E-state index is 13.4. The van der Waals surface area contributed by atoms with Crippen molar-refractivity contribution in [1.82, 2.24) is 0 Å². The molecule has 3 aromatic rings. The van der Waals surface area contributed by atoms with Gasteiger partial charge in [0.25, 0.3) is 0 Å². The number of ether oxygens (including phenoxy) is 2. The fourth-order valence-corrected chi connectivity index (χ4v) is 4.06. The minimum absolute atomic E-state index is 0.0758. The molecule has 0 aromatic heterocycles. The van der Waals surface area contributed by atoms with Crippen LogP contribution in [0.2, 0.25) is 0 Å². The van der Waals surface area contributed by atoms with E-state index in [4.69, 9.17) is 9.47 Å². The highest BCUT2D eigenvalue weighted by Crippen LogP contribution is 2.43. The van der Waals surface area contributed by atoms with Crippen LogP contribution < -0.4 is 14.4 Å². The molecule has 0 aliphatic carbocycles. The van der Waals surface area contributed by atoms with Crippen LogP contribution >= 0.6 is 0 Å². The third kappa shape index (κ3) is 3.78. The third-order valence-corrected chi connectivity index (χ3v) is 5.40. The molecule has 0 saturated heterocycles. The number of fused-ring (bicyclic) bond motifs is 1. The number of nitrogens with zero attached hydrogens (tertiary/aromatic N) is 1. The van der Waals surface area contributed by atoms with Crippen LogP contribution in [-0.2, 0) is 11.2 Å². The number of hydrogen-bond acceptors (Lipinski definition) is 3. The first-order chi connectivity index (χ1) is 14.6. The zero-order valence-corrected chi connectivity index (χ0v) is 17.7. The minimum Gasteiger partial charge on any atom is -0.490 e. The molecule has 154 valence electrons. The van der Waals surface area contributed by atoms with Crippen molar-refractivity contribution in [2.24, 2.45) is 0 Å². The smallest absolute Gasteiger partial charge is 0.232 e. The Hall–Kier alpha value is -3.27. The molecule has 30 heavy (non-hydrogen) atoms. The second kappa shape index (κ2) is 8.62. The number of anilines is 1. The highest BCUT2D eigenvalue weighted by Gasteiger charge is 2.35. The predicted molar refractivity (Wildman–Crippen MR) is 119 cm³/mol. The number of amides is 1. The molecule has 0 unspecified atom stereocenters. The van der Waals surface area contributed by atoms with Crippen molar-refractivity contribution in [2.45, 2.75) is 33.2 Å². The fraction of sp³-hybridized carbons (Fsp3) is 0.269. The maximum Gasteiger partial charge on any atom is 0.232 e. The van der Waals surface area contributed by atoms with Crippen LogP contribution in [0, 0.1) is 6.92 Å². The molecule has 3 aromatic carbocycles. The van der Waals surface area contributed by atoms with Gasteiger partial charge in [-0.05, 0) is 61.7 Å². The van der Waals surface area contributed by atoms with Gasteiger partial charge in [-0.2, -0.15) is 0 Å². The van der Waals surface area contributed by atoms with E-state index < -0.39 is 0 Å². The SMILES string of the molecule is CCOc1cc2c(cc1OCC)[C@H](c1ccccc1)N(c1ccc(C)cc1)C(=O)C2.